The highest BCUT2D eigenvalue weighted by Gasteiger charge is 2.15. The van der Waals surface area contributed by atoms with E-state index < -0.39 is 5.82 Å². The maximum atomic E-state index is 13.3. The minimum atomic E-state index is -0.546. The number of benzene rings is 2. The molecule has 1 aliphatic heterocycles. The molecule has 4 nitrogen and oxygen atoms in total. The number of hydrogen-bond acceptors (Lipinski definition) is 3. The van der Waals surface area contributed by atoms with Crippen molar-refractivity contribution >= 4 is 39.9 Å². The molecule has 2 aromatic carbocycles. The molecule has 4 rings (SSSR count). The van der Waals surface area contributed by atoms with Gasteiger partial charge in [0.05, 0.1) is 10.5 Å². The number of piperidine rings is 1. The lowest BCUT2D eigenvalue weighted by molar-refractivity contribution is 0.102. The van der Waals surface area contributed by atoms with Crippen molar-refractivity contribution in [1.82, 2.24) is 4.98 Å². The fourth-order valence-electron chi connectivity index (χ4n) is 3.58. The van der Waals surface area contributed by atoms with Gasteiger partial charge in [0.15, 0.2) is 0 Å². The zero-order valence-corrected chi connectivity index (χ0v) is 16.4. The predicted octanol–water partition coefficient (Wildman–Crippen LogP) is 5.58. The number of halogens is 2. The van der Waals surface area contributed by atoms with Crippen LogP contribution >= 0.6 is 11.6 Å². The van der Waals surface area contributed by atoms with Crippen molar-refractivity contribution in [3.63, 3.8) is 0 Å². The molecule has 0 saturated carbocycles. The summed E-state index contributed by atoms with van der Waals surface area (Å²) in [5.41, 5.74) is 2.99. The summed E-state index contributed by atoms with van der Waals surface area (Å²) in [6, 6.07) is 11.7. The Labute approximate surface area is 168 Å². The fourth-order valence-corrected chi connectivity index (χ4v) is 3.76. The Hall–Kier alpha value is -2.66. The molecule has 6 heteroatoms. The number of nitrogens with zero attached hydrogens (tertiary/aromatic N) is 2. The zero-order valence-electron chi connectivity index (χ0n) is 15.6. The third-order valence-corrected chi connectivity index (χ3v) is 5.41. The van der Waals surface area contributed by atoms with Crippen LogP contribution in [0.3, 0.4) is 0 Å². The molecule has 1 amide bonds. The van der Waals surface area contributed by atoms with Crippen LogP contribution in [-0.4, -0.2) is 24.0 Å². The number of carbonyl (C=O) groups is 1. The highest BCUT2D eigenvalue weighted by molar-refractivity contribution is 6.31. The molecule has 0 aliphatic carbocycles. The molecule has 0 atom stereocenters. The van der Waals surface area contributed by atoms with Crippen molar-refractivity contribution in [2.75, 3.05) is 23.3 Å². The van der Waals surface area contributed by atoms with Crippen LogP contribution in [0.4, 0.5) is 15.9 Å². The first-order chi connectivity index (χ1) is 13.5. The summed E-state index contributed by atoms with van der Waals surface area (Å²) in [5.74, 6) is 0.134. The Balaban J connectivity index is 1.59. The summed E-state index contributed by atoms with van der Waals surface area (Å²) in [6.07, 6.45) is 3.69. The number of aromatic nitrogens is 1. The standard InChI is InChI=1S/C22H21ClFN3O/c1-14-11-21(27-9-3-2-4-10-27)26-20-8-6-16(13-17(14)20)25-22(28)15-5-7-19(24)18(23)12-15/h5-8,11-13H,2-4,9-10H2,1H3,(H,25,28). The number of amides is 1. The normalized spacial score (nSPS) is 14.3. The molecule has 1 aromatic heterocycles. The lowest BCUT2D eigenvalue weighted by Gasteiger charge is -2.28. The number of fused-ring (bicyclic) bond motifs is 1. The first kappa shape index (κ1) is 18.7. The third kappa shape index (κ3) is 3.80. The SMILES string of the molecule is Cc1cc(N2CCCCC2)nc2ccc(NC(=O)c3ccc(F)c(Cl)c3)cc12. The Kier molecular flexibility index (Phi) is 5.18. The molecule has 0 radical (unpaired) electrons. The molecule has 1 fully saturated rings. The number of anilines is 2. The highest BCUT2D eigenvalue weighted by atomic mass is 35.5. The van der Waals surface area contributed by atoms with E-state index in [4.69, 9.17) is 16.6 Å². The van der Waals surface area contributed by atoms with Gasteiger partial charge in [-0.3, -0.25) is 4.79 Å². The Morgan fingerprint density at radius 3 is 2.64 bits per heavy atom. The lowest BCUT2D eigenvalue weighted by atomic mass is 10.1. The summed E-state index contributed by atoms with van der Waals surface area (Å²) in [6.45, 7) is 4.15. The summed E-state index contributed by atoms with van der Waals surface area (Å²) >= 11 is 5.77. The number of hydrogen-bond donors (Lipinski definition) is 1. The number of rotatable bonds is 3. The smallest absolute Gasteiger partial charge is 0.255 e. The molecule has 0 unspecified atom stereocenters. The van der Waals surface area contributed by atoms with E-state index >= 15 is 0 Å². The Morgan fingerprint density at radius 1 is 1.11 bits per heavy atom. The Morgan fingerprint density at radius 2 is 1.89 bits per heavy atom. The predicted molar refractivity (Wildman–Crippen MR) is 112 cm³/mol. The number of aryl methyl sites for hydroxylation is 1. The maximum absolute atomic E-state index is 13.3. The molecule has 1 N–H and O–H groups in total. The van der Waals surface area contributed by atoms with Gasteiger partial charge in [0.1, 0.15) is 11.6 Å². The molecule has 2 heterocycles. The van der Waals surface area contributed by atoms with Gasteiger partial charge in [0, 0.05) is 29.7 Å². The number of pyridine rings is 1. The van der Waals surface area contributed by atoms with Gasteiger partial charge < -0.3 is 10.2 Å². The molecule has 3 aromatic rings. The van der Waals surface area contributed by atoms with Crippen LogP contribution in [0, 0.1) is 12.7 Å². The lowest BCUT2D eigenvalue weighted by Crippen LogP contribution is -2.30. The van der Waals surface area contributed by atoms with Crippen LogP contribution in [-0.2, 0) is 0 Å². The minimum Gasteiger partial charge on any atom is -0.357 e. The van der Waals surface area contributed by atoms with Gasteiger partial charge in [-0.05, 0) is 74.2 Å². The third-order valence-electron chi connectivity index (χ3n) is 5.12. The van der Waals surface area contributed by atoms with Crippen LogP contribution < -0.4 is 10.2 Å². The van der Waals surface area contributed by atoms with E-state index in [0.29, 0.717) is 11.3 Å². The van der Waals surface area contributed by atoms with Crippen molar-refractivity contribution in [2.45, 2.75) is 26.2 Å². The Bertz CT molecular complexity index is 1050. The topological polar surface area (TPSA) is 45.2 Å². The van der Waals surface area contributed by atoms with Gasteiger partial charge in [0.25, 0.3) is 5.91 Å². The molecule has 1 aliphatic rings. The van der Waals surface area contributed by atoms with Crippen LogP contribution in [0.15, 0.2) is 42.5 Å². The van der Waals surface area contributed by atoms with Crippen LogP contribution in [0.5, 0.6) is 0 Å². The second-order valence-corrected chi connectivity index (χ2v) is 7.57. The molecule has 28 heavy (non-hydrogen) atoms. The summed E-state index contributed by atoms with van der Waals surface area (Å²) < 4.78 is 13.3. The maximum Gasteiger partial charge on any atom is 0.255 e. The van der Waals surface area contributed by atoms with E-state index in [1.807, 2.05) is 18.2 Å². The molecular weight excluding hydrogens is 377 g/mol. The number of nitrogens with one attached hydrogen (secondary N) is 1. The molecule has 144 valence electrons. The zero-order chi connectivity index (χ0) is 19.7. The second kappa shape index (κ2) is 7.76. The minimum absolute atomic E-state index is 0.0727. The van der Waals surface area contributed by atoms with Gasteiger partial charge in [-0.2, -0.15) is 0 Å². The monoisotopic (exact) mass is 397 g/mol. The molecular formula is C22H21ClFN3O. The fraction of sp³-hybridized carbons (Fsp3) is 0.273. The van der Waals surface area contributed by atoms with Gasteiger partial charge in [-0.25, -0.2) is 9.37 Å². The van der Waals surface area contributed by atoms with E-state index in [1.165, 1.54) is 37.5 Å². The van der Waals surface area contributed by atoms with Crippen molar-refractivity contribution < 1.29 is 9.18 Å². The van der Waals surface area contributed by atoms with E-state index in [1.54, 1.807) is 0 Å². The summed E-state index contributed by atoms with van der Waals surface area (Å²) in [4.78, 5) is 19.6. The summed E-state index contributed by atoms with van der Waals surface area (Å²) in [7, 11) is 0. The second-order valence-electron chi connectivity index (χ2n) is 7.16. The number of carbonyl (C=O) groups excluding carboxylic acids is 1. The van der Waals surface area contributed by atoms with Crippen LogP contribution in [0.2, 0.25) is 5.02 Å². The highest BCUT2D eigenvalue weighted by Crippen LogP contribution is 2.27. The van der Waals surface area contributed by atoms with E-state index in [-0.39, 0.29) is 10.9 Å². The van der Waals surface area contributed by atoms with E-state index in [9.17, 15) is 9.18 Å². The van der Waals surface area contributed by atoms with Crippen molar-refractivity contribution in [3.8, 4) is 0 Å². The van der Waals surface area contributed by atoms with Gasteiger partial charge in [-0.15, -0.1) is 0 Å². The van der Waals surface area contributed by atoms with E-state index in [2.05, 4.69) is 23.2 Å². The largest absolute Gasteiger partial charge is 0.357 e. The van der Waals surface area contributed by atoms with Crippen LogP contribution in [0.1, 0.15) is 35.2 Å². The average Bonchev–Trinajstić information content (AvgIpc) is 2.71. The average molecular weight is 398 g/mol. The first-order valence-corrected chi connectivity index (χ1v) is 9.82. The van der Waals surface area contributed by atoms with Crippen LogP contribution in [0.25, 0.3) is 10.9 Å². The van der Waals surface area contributed by atoms with Gasteiger partial charge in [-0.1, -0.05) is 11.6 Å². The van der Waals surface area contributed by atoms with E-state index in [0.717, 1.165) is 35.4 Å². The van der Waals surface area contributed by atoms with Crippen molar-refractivity contribution in [1.29, 1.82) is 0 Å². The van der Waals surface area contributed by atoms with Crippen molar-refractivity contribution in [3.05, 3.63) is 64.4 Å². The summed E-state index contributed by atoms with van der Waals surface area (Å²) in [5, 5.41) is 3.77. The quantitative estimate of drug-likeness (QED) is 0.627. The molecule has 0 bridgehead atoms. The van der Waals surface area contributed by atoms with Gasteiger partial charge in [0.2, 0.25) is 0 Å². The molecule has 0 spiro atoms. The molecule has 1 saturated heterocycles. The van der Waals surface area contributed by atoms with Gasteiger partial charge >= 0.3 is 0 Å². The van der Waals surface area contributed by atoms with Crippen molar-refractivity contribution in [2.24, 2.45) is 0 Å². The first-order valence-electron chi connectivity index (χ1n) is 9.44.